The molecule has 66 valence electrons. The number of aromatic nitrogens is 2. The lowest BCUT2D eigenvalue weighted by Gasteiger charge is -2.33. The van der Waals surface area contributed by atoms with Crippen molar-refractivity contribution >= 4 is 16.5 Å². The Hall–Kier alpha value is -0.680. The van der Waals surface area contributed by atoms with E-state index in [9.17, 15) is 0 Å². The largest absolute Gasteiger partial charge is 0.341 e. The van der Waals surface area contributed by atoms with Crippen LogP contribution in [0.15, 0.2) is 5.51 Å². The summed E-state index contributed by atoms with van der Waals surface area (Å²) >= 11 is 1.61. The zero-order valence-electron chi connectivity index (χ0n) is 7.03. The third-order valence-corrected chi connectivity index (χ3v) is 2.82. The minimum atomic E-state index is 0.534. The highest BCUT2D eigenvalue weighted by Crippen LogP contribution is 2.18. The van der Waals surface area contributed by atoms with Gasteiger partial charge in [0.25, 0.3) is 0 Å². The summed E-state index contributed by atoms with van der Waals surface area (Å²) in [5, 5.41) is 12.3. The molecule has 0 aromatic carbocycles. The van der Waals surface area contributed by atoms with Crippen LogP contribution in [0.1, 0.15) is 6.92 Å². The molecule has 0 saturated carbocycles. The standard InChI is InChI=1S/C7H12N4S/c1-6-4-8-2-3-11(6)7-10-9-5-12-7/h5-6,8H,2-4H2,1H3/t6-/m0/s1. The molecule has 1 aliphatic heterocycles. The first kappa shape index (κ1) is 7.94. The average molecular weight is 184 g/mol. The summed E-state index contributed by atoms with van der Waals surface area (Å²) < 4.78 is 0. The molecule has 0 aliphatic carbocycles. The predicted molar refractivity (Wildman–Crippen MR) is 49.6 cm³/mol. The van der Waals surface area contributed by atoms with Crippen LogP contribution >= 0.6 is 11.3 Å². The fraction of sp³-hybridized carbons (Fsp3) is 0.714. The molecule has 1 fully saturated rings. The van der Waals surface area contributed by atoms with Gasteiger partial charge in [-0.25, -0.2) is 0 Å². The molecule has 5 heteroatoms. The molecule has 1 N–H and O–H groups in total. The lowest BCUT2D eigenvalue weighted by atomic mass is 10.2. The zero-order valence-corrected chi connectivity index (χ0v) is 7.84. The highest BCUT2D eigenvalue weighted by molar-refractivity contribution is 7.13. The minimum Gasteiger partial charge on any atom is -0.341 e. The molecule has 12 heavy (non-hydrogen) atoms. The highest BCUT2D eigenvalue weighted by atomic mass is 32.1. The van der Waals surface area contributed by atoms with Crippen molar-refractivity contribution in [1.82, 2.24) is 15.5 Å². The first-order valence-corrected chi connectivity index (χ1v) is 4.99. The van der Waals surface area contributed by atoms with Crippen LogP contribution in [0.5, 0.6) is 0 Å². The van der Waals surface area contributed by atoms with Gasteiger partial charge in [-0.15, -0.1) is 10.2 Å². The van der Waals surface area contributed by atoms with E-state index in [1.807, 2.05) is 0 Å². The SMILES string of the molecule is C[C@H]1CNCCN1c1nncs1. The van der Waals surface area contributed by atoms with E-state index >= 15 is 0 Å². The quantitative estimate of drug-likeness (QED) is 0.683. The van der Waals surface area contributed by atoms with Gasteiger partial charge in [0, 0.05) is 25.7 Å². The summed E-state index contributed by atoms with van der Waals surface area (Å²) in [6, 6.07) is 0.534. The molecule has 1 aliphatic rings. The van der Waals surface area contributed by atoms with E-state index < -0.39 is 0 Å². The fourth-order valence-electron chi connectivity index (χ4n) is 1.42. The van der Waals surface area contributed by atoms with Crippen LogP contribution in [0.2, 0.25) is 0 Å². The summed E-state index contributed by atoms with van der Waals surface area (Å²) in [6.07, 6.45) is 0. The van der Waals surface area contributed by atoms with Gasteiger partial charge < -0.3 is 10.2 Å². The maximum Gasteiger partial charge on any atom is 0.208 e. The van der Waals surface area contributed by atoms with Crippen molar-refractivity contribution in [3.63, 3.8) is 0 Å². The Morgan fingerprint density at radius 2 is 2.67 bits per heavy atom. The van der Waals surface area contributed by atoms with Gasteiger partial charge in [-0.1, -0.05) is 11.3 Å². The van der Waals surface area contributed by atoms with Crippen molar-refractivity contribution in [2.75, 3.05) is 24.5 Å². The number of nitrogens with one attached hydrogen (secondary N) is 1. The molecule has 1 aromatic rings. The van der Waals surface area contributed by atoms with Gasteiger partial charge >= 0.3 is 0 Å². The molecule has 1 atom stereocenters. The second-order valence-electron chi connectivity index (χ2n) is 2.97. The molecular formula is C7H12N4S. The Balaban J connectivity index is 2.11. The van der Waals surface area contributed by atoms with Crippen molar-refractivity contribution in [1.29, 1.82) is 0 Å². The Kier molecular flexibility index (Phi) is 2.23. The van der Waals surface area contributed by atoms with Gasteiger partial charge in [-0.2, -0.15) is 0 Å². The monoisotopic (exact) mass is 184 g/mol. The molecule has 0 spiro atoms. The zero-order chi connectivity index (χ0) is 8.39. The number of piperazine rings is 1. The summed E-state index contributed by atoms with van der Waals surface area (Å²) in [5.41, 5.74) is 1.78. The first-order valence-electron chi connectivity index (χ1n) is 4.11. The van der Waals surface area contributed by atoms with E-state index in [1.54, 1.807) is 16.8 Å². The van der Waals surface area contributed by atoms with Crippen LogP contribution in [-0.2, 0) is 0 Å². The van der Waals surface area contributed by atoms with Crippen LogP contribution in [-0.4, -0.2) is 35.9 Å². The van der Waals surface area contributed by atoms with E-state index in [-0.39, 0.29) is 0 Å². The van der Waals surface area contributed by atoms with Crippen molar-refractivity contribution in [3.8, 4) is 0 Å². The molecule has 2 heterocycles. The summed E-state index contributed by atoms with van der Waals surface area (Å²) in [4.78, 5) is 2.30. The van der Waals surface area contributed by atoms with Crippen LogP contribution < -0.4 is 10.2 Å². The lowest BCUT2D eigenvalue weighted by Crippen LogP contribution is -2.49. The summed E-state index contributed by atoms with van der Waals surface area (Å²) in [5.74, 6) is 0. The minimum absolute atomic E-state index is 0.534. The number of rotatable bonds is 1. The smallest absolute Gasteiger partial charge is 0.208 e. The number of hydrogen-bond acceptors (Lipinski definition) is 5. The van der Waals surface area contributed by atoms with E-state index in [0.717, 1.165) is 24.8 Å². The van der Waals surface area contributed by atoms with E-state index in [1.165, 1.54) is 0 Å². The van der Waals surface area contributed by atoms with Crippen molar-refractivity contribution in [2.24, 2.45) is 0 Å². The Labute approximate surface area is 75.6 Å². The fourth-order valence-corrected chi connectivity index (χ4v) is 2.11. The maximum atomic E-state index is 4.06. The van der Waals surface area contributed by atoms with Gasteiger partial charge in [0.2, 0.25) is 5.13 Å². The predicted octanol–water partition coefficient (Wildman–Crippen LogP) is 0.336. The van der Waals surface area contributed by atoms with Crippen molar-refractivity contribution in [2.45, 2.75) is 13.0 Å². The second kappa shape index (κ2) is 3.37. The van der Waals surface area contributed by atoms with Gasteiger partial charge in [-0.05, 0) is 6.92 Å². The molecule has 0 amide bonds. The molecule has 1 saturated heterocycles. The molecule has 1 aromatic heterocycles. The topological polar surface area (TPSA) is 41.0 Å². The second-order valence-corrected chi connectivity index (χ2v) is 3.78. The molecule has 4 nitrogen and oxygen atoms in total. The van der Waals surface area contributed by atoms with Crippen molar-refractivity contribution in [3.05, 3.63) is 5.51 Å². The van der Waals surface area contributed by atoms with Crippen molar-refractivity contribution < 1.29 is 0 Å². The summed E-state index contributed by atoms with van der Waals surface area (Å²) in [6.45, 7) is 5.33. The van der Waals surface area contributed by atoms with Crippen LogP contribution in [0, 0.1) is 0 Å². The van der Waals surface area contributed by atoms with Crippen LogP contribution in [0.25, 0.3) is 0 Å². The molecular weight excluding hydrogens is 172 g/mol. The first-order chi connectivity index (χ1) is 5.88. The van der Waals surface area contributed by atoms with E-state index in [2.05, 4.69) is 27.3 Å². The lowest BCUT2D eigenvalue weighted by molar-refractivity contribution is 0.499. The van der Waals surface area contributed by atoms with Gasteiger partial charge in [0.1, 0.15) is 5.51 Å². The maximum absolute atomic E-state index is 4.06. The molecule has 0 bridgehead atoms. The average Bonchev–Trinajstić information content (AvgIpc) is 2.57. The normalized spacial score (nSPS) is 24.4. The van der Waals surface area contributed by atoms with Gasteiger partial charge in [-0.3, -0.25) is 0 Å². The Morgan fingerprint density at radius 3 is 3.33 bits per heavy atom. The third-order valence-electron chi connectivity index (χ3n) is 2.10. The number of hydrogen-bond donors (Lipinski definition) is 1. The van der Waals surface area contributed by atoms with Gasteiger partial charge in [0.05, 0.1) is 0 Å². The van der Waals surface area contributed by atoms with Gasteiger partial charge in [0.15, 0.2) is 0 Å². The summed E-state index contributed by atoms with van der Waals surface area (Å²) in [7, 11) is 0. The van der Waals surface area contributed by atoms with Crippen LogP contribution in [0.4, 0.5) is 5.13 Å². The molecule has 2 rings (SSSR count). The molecule has 0 unspecified atom stereocenters. The Bertz CT molecular complexity index is 236. The van der Waals surface area contributed by atoms with E-state index in [0.29, 0.717) is 6.04 Å². The van der Waals surface area contributed by atoms with Crippen LogP contribution in [0.3, 0.4) is 0 Å². The number of nitrogens with zero attached hydrogens (tertiary/aromatic N) is 3. The highest BCUT2D eigenvalue weighted by Gasteiger charge is 2.19. The third kappa shape index (κ3) is 1.42. The molecule has 0 radical (unpaired) electrons. The Morgan fingerprint density at radius 1 is 1.75 bits per heavy atom. The number of anilines is 1. The van der Waals surface area contributed by atoms with E-state index in [4.69, 9.17) is 0 Å².